The lowest BCUT2D eigenvalue weighted by Gasteiger charge is -2.10. The molecule has 2 N–H and O–H groups in total. The molecule has 1 heterocycles. The maximum atomic E-state index is 14.0. The Bertz CT molecular complexity index is 792. The zero-order chi connectivity index (χ0) is 15.5. The van der Waals surface area contributed by atoms with E-state index in [0.29, 0.717) is 17.8 Å². The zero-order valence-electron chi connectivity index (χ0n) is 12.7. The van der Waals surface area contributed by atoms with E-state index in [1.807, 2.05) is 30.3 Å². The Morgan fingerprint density at radius 3 is 2.73 bits per heavy atom. The van der Waals surface area contributed by atoms with Crippen LogP contribution in [0, 0.1) is 5.82 Å². The van der Waals surface area contributed by atoms with Crippen LogP contribution in [0.25, 0.3) is 11.0 Å². The van der Waals surface area contributed by atoms with Crippen molar-refractivity contribution >= 4 is 16.7 Å². The molecule has 2 aromatic carbocycles. The van der Waals surface area contributed by atoms with E-state index in [1.165, 1.54) is 6.07 Å². The van der Waals surface area contributed by atoms with Crippen molar-refractivity contribution in [3.63, 3.8) is 0 Å². The van der Waals surface area contributed by atoms with Gasteiger partial charge in [-0.1, -0.05) is 37.6 Å². The molecule has 0 aliphatic carbocycles. The number of nitrogens with zero attached hydrogens (tertiary/aromatic N) is 2. The van der Waals surface area contributed by atoms with Crippen LogP contribution >= 0.6 is 0 Å². The smallest absolute Gasteiger partial charge is 0.128 e. The molecule has 1 aromatic heterocycles. The molecule has 0 saturated heterocycles. The molecule has 0 spiro atoms. The first-order valence-electron chi connectivity index (χ1n) is 7.67. The number of para-hydroxylation sites is 1. The van der Waals surface area contributed by atoms with E-state index in [2.05, 4.69) is 11.5 Å². The lowest BCUT2D eigenvalue weighted by Crippen LogP contribution is -2.06. The van der Waals surface area contributed by atoms with Crippen molar-refractivity contribution in [2.75, 3.05) is 5.73 Å². The van der Waals surface area contributed by atoms with Crippen molar-refractivity contribution in [3.8, 4) is 0 Å². The van der Waals surface area contributed by atoms with Gasteiger partial charge in [0.05, 0.1) is 17.7 Å². The summed E-state index contributed by atoms with van der Waals surface area (Å²) in [6, 6.07) is 12.6. The maximum absolute atomic E-state index is 14.0. The van der Waals surface area contributed by atoms with E-state index < -0.39 is 0 Å². The number of aryl methyl sites for hydroxylation is 1. The third-order valence-corrected chi connectivity index (χ3v) is 3.93. The molecule has 0 radical (unpaired) electrons. The normalized spacial score (nSPS) is 11.2. The summed E-state index contributed by atoms with van der Waals surface area (Å²) >= 11 is 0. The Kier molecular flexibility index (Phi) is 4.09. The van der Waals surface area contributed by atoms with Crippen LogP contribution in [0.2, 0.25) is 0 Å². The SMILES string of the molecule is CCCCc1nc2c(N)cccc2n1Cc1ccccc1F. The number of fused-ring (bicyclic) bond motifs is 1. The van der Waals surface area contributed by atoms with Gasteiger partial charge < -0.3 is 10.3 Å². The van der Waals surface area contributed by atoms with Gasteiger partial charge in [-0.3, -0.25) is 0 Å². The average molecular weight is 297 g/mol. The summed E-state index contributed by atoms with van der Waals surface area (Å²) in [5.74, 6) is 0.785. The molecular formula is C18H20FN3. The molecule has 0 atom stereocenters. The zero-order valence-corrected chi connectivity index (χ0v) is 12.7. The summed E-state index contributed by atoms with van der Waals surface area (Å²) in [6.07, 6.45) is 3.03. The second kappa shape index (κ2) is 6.18. The van der Waals surface area contributed by atoms with Gasteiger partial charge in [-0.25, -0.2) is 9.37 Å². The van der Waals surface area contributed by atoms with Crippen LogP contribution in [0.4, 0.5) is 10.1 Å². The van der Waals surface area contributed by atoms with Gasteiger partial charge in [-0.2, -0.15) is 0 Å². The molecule has 4 heteroatoms. The fourth-order valence-corrected chi connectivity index (χ4v) is 2.72. The van der Waals surface area contributed by atoms with E-state index in [9.17, 15) is 4.39 Å². The molecule has 3 rings (SSSR count). The van der Waals surface area contributed by atoms with Crippen molar-refractivity contribution in [3.05, 3.63) is 59.7 Å². The molecule has 3 aromatic rings. The Morgan fingerprint density at radius 1 is 1.14 bits per heavy atom. The maximum Gasteiger partial charge on any atom is 0.128 e. The Balaban J connectivity index is 2.09. The minimum Gasteiger partial charge on any atom is -0.397 e. The lowest BCUT2D eigenvalue weighted by molar-refractivity contribution is 0.595. The number of hydrogen-bond donors (Lipinski definition) is 1. The van der Waals surface area contributed by atoms with Crippen LogP contribution in [-0.2, 0) is 13.0 Å². The summed E-state index contributed by atoms with van der Waals surface area (Å²) in [4.78, 5) is 4.69. The number of anilines is 1. The van der Waals surface area contributed by atoms with E-state index >= 15 is 0 Å². The van der Waals surface area contributed by atoms with Crippen LogP contribution in [0.3, 0.4) is 0 Å². The summed E-state index contributed by atoms with van der Waals surface area (Å²) < 4.78 is 16.1. The number of unbranched alkanes of at least 4 members (excludes halogenated alkanes) is 1. The number of aromatic nitrogens is 2. The number of benzene rings is 2. The Hall–Kier alpha value is -2.36. The number of rotatable bonds is 5. The van der Waals surface area contributed by atoms with Crippen molar-refractivity contribution in [2.24, 2.45) is 0 Å². The molecular weight excluding hydrogens is 277 g/mol. The van der Waals surface area contributed by atoms with Gasteiger partial charge in [0.25, 0.3) is 0 Å². The lowest BCUT2D eigenvalue weighted by atomic mass is 10.2. The van der Waals surface area contributed by atoms with Gasteiger partial charge in [-0.05, 0) is 24.6 Å². The highest BCUT2D eigenvalue weighted by atomic mass is 19.1. The monoisotopic (exact) mass is 297 g/mol. The van der Waals surface area contributed by atoms with Gasteiger partial charge in [0.15, 0.2) is 0 Å². The number of imidazole rings is 1. The summed E-state index contributed by atoms with van der Waals surface area (Å²) in [7, 11) is 0. The van der Waals surface area contributed by atoms with Crippen molar-refractivity contribution < 1.29 is 4.39 Å². The first-order chi connectivity index (χ1) is 10.7. The highest BCUT2D eigenvalue weighted by Gasteiger charge is 2.13. The van der Waals surface area contributed by atoms with E-state index in [0.717, 1.165) is 36.1 Å². The predicted molar refractivity (Wildman–Crippen MR) is 88.3 cm³/mol. The van der Waals surface area contributed by atoms with Gasteiger partial charge in [0, 0.05) is 12.0 Å². The quantitative estimate of drug-likeness (QED) is 0.719. The van der Waals surface area contributed by atoms with Crippen LogP contribution in [0.5, 0.6) is 0 Å². The standard InChI is InChI=1S/C18H20FN3/c1-2-3-11-17-21-18-15(20)9-6-10-16(18)22(17)12-13-7-4-5-8-14(13)19/h4-10H,2-3,11-12,20H2,1H3. The molecule has 114 valence electrons. The molecule has 0 aliphatic rings. The molecule has 0 bridgehead atoms. The van der Waals surface area contributed by atoms with Crippen molar-refractivity contribution in [2.45, 2.75) is 32.7 Å². The minimum absolute atomic E-state index is 0.185. The first-order valence-corrected chi connectivity index (χ1v) is 7.67. The van der Waals surface area contributed by atoms with Crippen LogP contribution < -0.4 is 5.73 Å². The molecule has 3 nitrogen and oxygen atoms in total. The molecule has 0 saturated carbocycles. The van der Waals surface area contributed by atoms with Gasteiger partial charge >= 0.3 is 0 Å². The van der Waals surface area contributed by atoms with Gasteiger partial charge in [0.2, 0.25) is 0 Å². The predicted octanol–water partition coefficient (Wildman–Crippen LogP) is 4.15. The fraction of sp³-hybridized carbons (Fsp3) is 0.278. The van der Waals surface area contributed by atoms with Crippen molar-refractivity contribution in [1.82, 2.24) is 9.55 Å². The highest BCUT2D eigenvalue weighted by molar-refractivity contribution is 5.87. The van der Waals surface area contributed by atoms with Crippen LogP contribution in [0.1, 0.15) is 31.2 Å². The third-order valence-electron chi connectivity index (χ3n) is 3.93. The van der Waals surface area contributed by atoms with Crippen LogP contribution in [-0.4, -0.2) is 9.55 Å². The average Bonchev–Trinajstić information content (AvgIpc) is 2.87. The van der Waals surface area contributed by atoms with E-state index in [-0.39, 0.29) is 5.82 Å². The van der Waals surface area contributed by atoms with Crippen LogP contribution in [0.15, 0.2) is 42.5 Å². The first kappa shape index (κ1) is 14.6. The Morgan fingerprint density at radius 2 is 1.95 bits per heavy atom. The highest BCUT2D eigenvalue weighted by Crippen LogP contribution is 2.24. The number of nitrogen functional groups attached to an aromatic ring is 1. The number of hydrogen-bond acceptors (Lipinski definition) is 2. The van der Waals surface area contributed by atoms with E-state index in [4.69, 9.17) is 10.7 Å². The third kappa shape index (κ3) is 2.69. The summed E-state index contributed by atoms with van der Waals surface area (Å²) in [5.41, 5.74) is 9.16. The number of halogens is 1. The van der Waals surface area contributed by atoms with Crippen molar-refractivity contribution in [1.29, 1.82) is 0 Å². The molecule has 0 fully saturated rings. The molecule has 22 heavy (non-hydrogen) atoms. The molecule has 0 amide bonds. The summed E-state index contributed by atoms with van der Waals surface area (Å²) in [5, 5.41) is 0. The van der Waals surface area contributed by atoms with Gasteiger partial charge in [-0.15, -0.1) is 0 Å². The minimum atomic E-state index is -0.185. The van der Waals surface area contributed by atoms with E-state index in [1.54, 1.807) is 6.07 Å². The topological polar surface area (TPSA) is 43.8 Å². The summed E-state index contributed by atoms with van der Waals surface area (Å²) in [6.45, 7) is 2.63. The largest absolute Gasteiger partial charge is 0.397 e. The molecule has 0 aliphatic heterocycles. The Labute approximate surface area is 129 Å². The second-order valence-corrected chi connectivity index (χ2v) is 5.52. The molecule has 0 unspecified atom stereocenters. The number of nitrogens with two attached hydrogens (primary N) is 1. The fourth-order valence-electron chi connectivity index (χ4n) is 2.72. The second-order valence-electron chi connectivity index (χ2n) is 5.52. The van der Waals surface area contributed by atoms with Gasteiger partial charge in [0.1, 0.15) is 17.2 Å².